The highest BCUT2D eigenvalue weighted by atomic mass is 31.3. The summed E-state index contributed by atoms with van der Waals surface area (Å²) in [5, 5.41) is 10.9. The minimum absolute atomic E-state index is 0.0962. The molecule has 0 amide bonds. The number of hydrogen-bond donors (Lipinski definition) is 5. The molecule has 0 radical (unpaired) electrons. The third-order valence-electron chi connectivity index (χ3n) is 4.74. The Hall–Kier alpha value is -1.97. The Morgan fingerprint density at radius 2 is 2.15 bits per heavy atom. The van der Waals surface area contributed by atoms with Crippen LogP contribution in [0.5, 0.6) is 0 Å². The Balaban J connectivity index is 1.90. The molecule has 184 valence electrons. The van der Waals surface area contributed by atoms with Crippen molar-refractivity contribution >= 4 is 32.8 Å². The molecular weight excluding hydrogens is 488 g/mol. The van der Waals surface area contributed by atoms with E-state index in [4.69, 9.17) is 20.1 Å². The number of nitrogens with zero attached hydrogens (tertiary/aromatic N) is 3. The quantitative estimate of drug-likeness (QED) is 0.0987. The number of nitrogen functional groups attached to an aromatic ring is 1. The van der Waals surface area contributed by atoms with E-state index in [2.05, 4.69) is 25.4 Å². The van der Waals surface area contributed by atoms with Crippen molar-refractivity contribution in [1.82, 2.24) is 14.5 Å². The number of nitrogens with two attached hydrogens (primary N) is 1. The predicted molar refractivity (Wildman–Crippen MR) is 107 cm³/mol. The van der Waals surface area contributed by atoms with Gasteiger partial charge in [0.15, 0.2) is 6.33 Å². The molecule has 2 unspecified atom stereocenters. The molecule has 3 rings (SSSR count). The zero-order valence-electron chi connectivity index (χ0n) is 17.2. The number of nitrogens with one attached hydrogen (secondary N) is 1. The van der Waals surface area contributed by atoms with Crippen LogP contribution in [0.2, 0.25) is 0 Å². The van der Waals surface area contributed by atoms with Crippen molar-refractivity contribution in [2.45, 2.75) is 18.4 Å². The number of imidazole rings is 1. The van der Waals surface area contributed by atoms with Gasteiger partial charge in [0, 0.05) is 5.92 Å². The van der Waals surface area contributed by atoms with E-state index < -0.39 is 52.2 Å². The molecule has 2 aromatic heterocycles. The van der Waals surface area contributed by atoms with Gasteiger partial charge in [-0.1, -0.05) is 11.1 Å². The third kappa shape index (κ3) is 5.94. The second-order valence-corrected chi connectivity index (χ2v) is 9.90. The first-order valence-corrected chi connectivity index (χ1v) is 12.3. The number of fused-ring (bicyclic) bond motifs is 1. The van der Waals surface area contributed by atoms with E-state index in [1.165, 1.54) is 21.5 Å². The predicted octanol–water partition coefficient (Wildman–Crippen LogP) is -2.20. The number of aromatic nitrogens is 4. The Morgan fingerprint density at radius 1 is 1.45 bits per heavy atom. The minimum Gasteiger partial charge on any atom is -0.756 e. The molecule has 16 nitrogen and oxygen atoms in total. The maximum atomic E-state index is 12.3. The lowest BCUT2D eigenvalue weighted by atomic mass is 9.99. The number of H-pyrrole nitrogens is 1. The van der Waals surface area contributed by atoms with Crippen LogP contribution >= 0.6 is 15.6 Å². The Bertz CT molecular complexity index is 1180. The first-order valence-electron chi connectivity index (χ1n) is 9.33. The van der Waals surface area contributed by atoms with Crippen molar-refractivity contribution < 1.29 is 51.8 Å². The highest BCUT2D eigenvalue weighted by Crippen LogP contribution is 2.55. The van der Waals surface area contributed by atoms with Crippen LogP contribution in [0.25, 0.3) is 11.2 Å². The first-order chi connectivity index (χ1) is 15.3. The van der Waals surface area contributed by atoms with E-state index in [1.807, 2.05) is 0 Å². The number of hydrogen-bond acceptors (Lipinski definition) is 11. The number of phosphoric ester groups is 1. The fraction of sp³-hybridized carbons (Fsp3) is 0.533. The lowest BCUT2D eigenvalue weighted by molar-refractivity contribution is -0.745. The zero-order valence-corrected chi connectivity index (χ0v) is 19.0. The summed E-state index contributed by atoms with van der Waals surface area (Å²) in [4.78, 5) is 47.6. The average Bonchev–Trinajstić information content (AvgIpc) is 3.15. The van der Waals surface area contributed by atoms with Crippen molar-refractivity contribution in [3.63, 3.8) is 0 Å². The SMILES string of the molecule is C=CCOC[C@H]1[C@@H](O)[C@H]([n+]2cn(C)c3c(=O)[nH]c(N)nc32)O[C@@H]1COP(=O)(O)OP(=O)([O-])O. The molecule has 1 saturated heterocycles. The molecule has 1 aliphatic rings. The number of aryl methyl sites for hydroxylation is 1. The van der Waals surface area contributed by atoms with E-state index >= 15 is 0 Å². The largest absolute Gasteiger partial charge is 0.756 e. The highest BCUT2D eigenvalue weighted by Gasteiger charge is 2.48. The van der Waals surface area contributed by atoms with Gasteiger partial charge in [-0.25, -0.2) is 13.4 Å². The molecule has 2 aromatic rings. The molecule has 33 heavy (non-hydrogen) atoms. The summed E-state index contributed by atoms with van der Waals surface area (Å²) >= 11 is 0. The molecule has 1 aliphatic heterocycles. The number of anilines is 1. The van der Waals surface area contributed by atoms with E-state index in [9.17, 15) is 28.8 Å². The van der Waals surface area contributed by atoms with Gasteiger partial charge in [0.25, 0.3) is 19.3 Å². The monoisotopic (exact) mass is 511 g/mol. The molecule has 0 spiro atoms. The molecule has 3 heterocycles. The third-order valence-corrected chi connectivity index (χ3v) is 6.87. The van der Waals surface area contributed by atoms with Gasteiger partial charge >= 0.3 is 13.5 Å². The Kier molecular flexibility index (Phi) is 7.55. The Morgan fingerprint density at radius 3 is 2.79 bits per heavy atom. The fourth-order valence-electron chi connectivity index (χ4n) is 3.46. The number of rotatable bonds is 10. The topological polar surface area (TPSA) is 235 Å². The van der Waals surface area contributed by atoms with Crippen molar-refractivity contribution in [2.24, 2.45) is 13.0 Å². The fourth-order valence-corrected chi connectivity index (χ4v) is 5.02. The van der Waals surface area contributed by atoms with Gasteiger partial charge in [-0.2, -0.15) is 0 Å². The lowest BCUT2D eigenvalue weighted by Crippen LogP contribution is -2.45. The summed E-state index contributed by atoms with van der Waals surface area (Å²) in [5.74, 6) is -1.01. The van der Waals surface area contributed by atoms with Gasteiger partial charge in [-0.3, -0.25) is 23.4 Å². The van der Waals surface area contributed by atoms with Gasteiger partial charge in [0.1, 0.15) is 6.10 Å². The standard InChI is InChI=1S/C15H23N5O11P2/c1-3-4-28-5-8-9(6-29-33(26,27)31-32(23,24)25)30-14(11(8)21)20-7-19(2)10-12(20)17-15(16)18-13(10)22/h3,7-9,11,14,21H,1,4-6H2,2H3,(H5-,16,17,18,22,23,24,25,26,27)/t8-,9-,11-,14-/m1/s1. The van der Waals surface area contributed by atoms with Gasteiger partial charge in [-0.15, -0.1) is 6.58 Å². The zero-order chi connectivity index (χ0) is 24.6. The van der Waals surface area contributed by atoms with Crippen molar-refractivity contribution in [3.05, 3.63) is 29.3 Å². The maximum Gasteiger partial charge on any atom is 0.478 e. The van der Waals surface area contributed by atoms with E-state index in [-0.39, 0.29) is 30.3 Å². The van der Waals surface area contributed by atoms with E-state index in [1.54, 1.807) is 7.05 Å². The second-order valence-electron chi connectivity index (χ2n) is 7.12. The van der Waals surface area contributed by atoms with Gasteiger partial charge in [-0.05, 0) is 0 Å². The summed E-state index contributed by atoms with van der Waals surface area (Å²) in [6.07, 6.45) is -0.651. The number of aliphatic hydroxyl groups is 1. The summed E-state index contributed by atoms with van der Waals surface area (Å²) in [5.41, 5.74) is 5.34. The molecule has 6 N–H and O–H groups in total. The van der Waals surface area contributed by atoms with Crippen LogP contribution in [0.4, 0.5) is 5.95 Å². The number of ether oxygens (including phenoxy) is 2. The molecular formula is C15H23N5O11P2. The van der Waals surface area contributed by atoms with Crippen LogP contribution in [-0.4, -0.2) is 61.5 Å². The number of phosphoric acid groups is 2. The molecule has 0 aromatic carbocycles. The number of aromatic amines is 1. The molecule has 18 heteroatoms. The van der Waals surface area contributed by atoms with Crippen LogP contribution < -0.4 is 20.8 Å². The van der Waals surface area contributed by atoms with Crippen LogP contribution in [0.3, 0.4) is 0 Å². The molecule has 0 bridgehead atoms. The summed E-state index contributed by atoms with van der Waals surface area (Å²) in [7, 11) is -9.22. The van der Waals surface area contributed by atoms with E-state index in [0.29, 0.717) is 0 Å². The lowest BCUT2D eigenvalue weighted by Gasteiger charge is -2.22. The average molecular weight is 511 g/mol. The minimum atomic E-state index is -5.57. The second kappa shape index (κ2) is 9.72. The maximum absolute atomic E-state index is 12.3. The molecule has 0 aliphatic carbocycles. The first kappa shape index (κ1) is 25.6. The van der Waals surface area contributed by atoms with Crippen molar-refractivity contribution in [1.29, 1.82) is 0 Å². The summed E-state index contributed by atoms with van der Waals surface area (Å²) in [6, 6.07) is 0. The van der Waals surface area contributed by atoms with Crippen LogP contribution in [0.15, 0.2) is 23.8 Å². The van der Waals surface area contributed by atoms with Gasteiger partial charge in [0.2, 0.25) is 11.7 Å². The molecule has 1 fully saturated rings. The highest BCUT2D eigenvalue weighted by molar-refractivity contribution is 7.60. The van der Waals surface area contributed by atoms with Crippen LogP contribution in [-0.2, 0) is 34.5 Å². The van der Waals surface area contributed by atoms with E-state index in [0.717, 1.165) is 0 Å². The van der Waals surface area contributed by atoms with Gasteiger partial charge in [0.05, 0.1) is 33.0 Å². The smallest absolute Gasteiger partial charge is 0.478 e. The van der Waals surface area contributed by atoms with Crippen molar-refractivity contribution in [2.75, 3.05) is 25.6 Å². The summed E-state index contributed by atoms with van der Waals surface area (Å²) < 4.78 is 44.8. The van der Waals surface area contributed by atoms with Crippen molar-refractivity contribution in [3.8, 4) is 0 Å². The van der Waals surface area contributed by atoms with Crippen LogP contribution in [0, 0.1) is 5.92 Å². The molecule has 0 saturated carbocycles. The van der Waals surface area contributed by atoms with Crippen LogP contribution in [0.1, 0.15) is 6.23 Å². The summed E-state index contributed by atoms with van der Waals surface area (Å²) in [6.45, 7) is 2.82. The normalized spacial score (nSPS) is 26.8. The van der Waals surface area contributed by atoms with Gasteiger partial charge < -0.3 is 35.0 Å². The number of aliphatic hydroxyl groups excluding tert-OH is 1. The Labute approximate surface area is 186 Å². The molecule has 6 atom stereocenters.